The molecule has 3 rings (SSSR count). The van der Waals surface area contributed by atoms with E-state index in [-0.39, 0.29) is 12.3 Å². The van der Waals surface area contributed by atoms with E-state index < -0.39 is 5.97 Å². The first-order valence-electron chi connectivity index (χ1n) is 9.48. The van der Waals surface area contributed by atoms with E-state index in [9.17, 15) is 9.90 Å². The molecule has 0 aliphatic heterocycles. The van der Waals surface area contributed by atoms with Crippen molar-refractivity contribution in [3.05, 3.63) is 59.5 Å². The summed E-state index contributed by atoms with van der Waals surface area (Å²) in [6, 6.07) is 13.1. The molecule has 30 heavy (non-hydrogen) atoms. The summed E-state index contributed by atoms with van der Waals surface area (Å²) < 4.78 is 15.9. The summed E-state index contributed by atoms with van der Waals surface area (Å²) in [5.41, 5.74) is 3.05. The third-order valence-electron chi connectivity index (χ3n) is 4.62. The number of hydrogen-bond donors (Lipinski definition) is 0. The normalized spacial score (nSPS) is 11.6. The molecule has 0 saturated carbocycles. The molecule has 0 aliphatic rings. The number of carboxylic acids is 1. The first kappa shape index (κ1) is 21.1. The van der Waals surface area contributed by atoms with Crippen molar-refractivity contribution in [1.29, 1.82) is 0 Å². The van der Waals surface area contributed by atoms with Gasteiger partial charge in [-0.05, 0) is 41.3 Å². The van der Waals surface area contributed by atoms with Crippen molar-refractivity contribution in [2.24, 2.45) is 0 Å². The molecule has 1 heterocycles. The van der Waals surface area contributed by atoms with E-state index in [1.807, 2.05) is 24.3 Å². The lowest BCUT2D eigenvalue weighted by Crippen LogP contribution is -2.22. The Morgan fingerprint density at radius 3 is 2.40 bits per heavy atom. The Morgan fingerprint density at radius 2 is 1.80 bits per heavy atom. The highest BCUT2D eigenvalue weighted by Crippen LogP contribution is 2.32. The largest absolute Gasteiger partial charge is 0.550 e. The number of aromatic nitrogens is 2. The van der Waals surface area contributed by atoms with Gasteiger partial charge in [0.2, 0.25) is 5.82 Å². The Bertz CT molecular complexity index is 1050. The fourth-order valence-corrected chi connectivity index (χ4v) is 2.97. The highest BCUT2D eigenvalue weighted by Gasteiger charge is 2.15. The van der Waals surface area contributed by atoms with Crippen LogP contribution in [0.3, 0.4) is 0 Å². The maximum Gasteiger partial charge on any atom is 0.254 e. The van der Waals surface area contributed by atoms with Crippen LogP contribution in [0.2, 0.25) is 0 Å². The molecule has 156 valence electrons. The fourth-order valence-electron chi connectivity index (χ4n) is 2.97. The van der Waals surface area contributed by atoms with E-state index >= 15 is 0 Å². The second-order valence-electron chi connectivity index (χ2n) is 7.03. The molecule has 3 aromatic rings. The van der Waals surface area contributed by atoms with Crippen molar-refractivity contribution in [3.63, 3.8) is 0 Å². The molecule has 0 radical (unpaired) electrons. The number of rotatable bonds is 8. The van der Waals surface area contributed by atoms with Crippen LogP contribution >= 0.6 is 0 Å². The number of hydrogen-bond acceptors (Lipinski definition) is 7. The van der Waals surface area contributed by atoms with E-state index in [0.717, 1.165) is 5.56 Å². The van der Waals surface area contributed by atoms with E-state index in [1.165, 1.54) is 12.7 Å². The van der Waals surface area contributed by atoms with Gasteiger partial charge in [-0.25, -0.2) is 0 Å². The number of methoxy groups -OCH3 is 2. The predicted molar refractivity (Wildman–Crippen MR) is 111 cm³/mol. The fraction of sp³-hybridized carbons (Fsp3) is 0.261. The van der Waals surface area contributed by atoms with Crippen LogP contribution in [0.25, 0.3) is 23.0 Å². The van der Waals surface area contributed by atoms with Gasteiger partial charge < -0.3 is 23.9 Å². The van der Waals surface area contributed by atoms with Crippen LogP contribution in [0.1, 0.15) is 43.2 Å². The summed E-state index contributed by atoms with van der Waals surface area (Å²) in [4.78, 5) is 15.6. The van der Waals surface area contributed by atoms with Crippen LogP contribution in [-0.2, 0) is 4.79 Å². The maximum atomic E-state index is 11.3. The molecule has 7 heteroatoms. The Balaban J connectivity index is 1.94. The smallest absolute Gasteiger partial charge is 0.254 e. The average molecular weight is 407 g/mol. The molecule has 0 fully saturated rings. The lowest BCUT2D eigenvalue weighted by molar-refractivity contribution is -0.304. The summed E-state index contributed by atoms with van der Waals surface area (Å²) in [7, 11) is 3.09. The first-order chi connectivity index (χ1) is 14.4. The van der Waals surface area contributed by atoms with Crippen LogP contribution in [0.15, 0.2) is 47.0 Å². The van der Waals surface area contributed by atoms with Gasteiger partial charge in [0.1, 0.15) is 0 Å². The molecule has 0 bridgehead atoms. The number of ether oxygens (including phenoxy) is 2. The minimum absolute atomic E-state index is 0.122. The average Bonchev–Trinajstić information content (AvgIpc) is 3.23. The predicted octanol–water partition coefficient (Wildman–Crippen LogP) is 3.56. The van der Waals surface area contributed by atoms with Crippen molar-refractivity contribution < 1.29 is 23.9 Å². The monoisotopic (exact) mass is 407 g/mol. The van der Waals surface area contributed by atoms with Crippen molar-refractivity contribution in [2.45, 2.75) is 26.2 Å². The quantitative estimate of drug-likeness (QED) is 0.563. The van der Waals surface area contributed by atoms with E-state index in [4.69, 9.17) is 14.0 Å². The number of carboxylic acid groups (broad SMARTS) is 1. The molecular weight excluding hydrogens is 384 g/mol. The standard InChI is InChI=1S/C23H24N2O5/c1-14(2)16-7-5-15(6-8-16)11-18(13-21(26)27)23-24-22(25-30-23)17-9-10-19(28-3)20(12-17)29-4/h5-12,14H,13H2,1-4H3,(H,26,27)/p-1/b18-11+. The minimum Gasteiger partial charge on any atom is -0.550 e. The highest BCUT2D eigenvalue weighted by molar-refractivity contribution is 5.88. The van der Waals surface area contributed by atoms with Gasteiger partial charge in [-0.2, -0.15) is 4.98 Å². The second-order valence-corrected chi connectivity index (χ2v) is 7.03. The van der Waals surface area contributed by atoms with Crippen LogP contribution in [-0.4, -0.2) is 30.3 Å². The van der Waals surface area contributed by atoms with Gasteiger partial charge in [0.05, 0.1) is 14.2 Å². The molecule has 0 N–H and O–H groups in total. The van der Waals surface area contributed by atoms with E-state index in [1.54, 1.807) is 31.4 Å². The molecule has 0 unspecified atom stereocenters. The summed E-state index contributed by atoms with van der Waals surface area (Å²) in [5.74, 6) is 0.711. The van der Waals surface area contributed by atoms with Crippen molar-refractivity contribution in [1.82, 2.24) is 10.1 Å². The van der Waals surface area contributed by atoms with Crippen molar-refractivity contribution in [3.8, 4) is 22.9 Å². The van der Waals surface area contributed by atoms with Gasteiger partial charge in [0, 0.05) is 23.5 Å². The third-order valence-corrected chi connectivity index (χ3v) is 4.62. The first-order valence-corrected chi connectivity index (χ1v) is 9.48. The zero-order valence-electron chi connectivity index (χ0n) is 17.3. The van der Waals surface area contributed by atoms with E-state index in [0.29, 0.717) is 34.4 Å². The van der Waals surface area contributed by atoms with Gasteiger partial charge in [-0.1, -0.05) is 43.3 Å². The van der Waals surface area contributed by atoms with Crippen LogP contribution in [0.5, 0.6) is 11.5 Å². The molecular formula is C23H23N2O5-. The second kappa shape index (κ2) is 9.26. The Kier molecular flexibility index (Phi) is 6.51. The zero-order valence-corrected chi connectivity index (χ0v) is 17.3. The van der Waals surface area contributed by atoms with Crippen LogP contribution < -0.4 is 14.6 Å². The van der Waals surface area contributed by atoms with Crippen LogP contribution in [0.4, 0.5) is 0 Å². The molecule has 0 atom stereocenters. The molecule has 7 nitrogen and oxygen atoms in total. The summed E-state index contributed by atoms with van der Waals surface area (Å²) in [5, 5.41) is 15.3. The lowest BCUT2D eigenvalue weighted by Gasteiger charge is -2.07. The summed E-state index contributed by atoms with van der Waals surface area (Å²) >= 11 is 0. The number of aliphatic carboxylic acids is 1. The van der Waals surface area contributed by atoms with Gasteiger partial charge in [0.25, 0.3) is 5.89 Å². The molecule has 1 aromatic heterocycles. The van der Waals surface area contributed by atoms with Gasteiger partial charge in [-0.3, -0.25) is 0 Å². The van der Waals surface area contributed by atoms with E-state index in [2.05, 4.69) is 24.0 Å². The van der Waals surface area contributed by atoms with Gasteiger partial charge in [0.15, 0.2) is 11.5 Å². The molecule has 0 saturated heterocycles. The van der Waals surface area contributed by atoms with Gasteiger partial charge >= 0.3 is 0 Å². The zero-order chi connectivity index (χ0) is 21.7. The number of benzene rings is 2. The summed E-state index contributed by atoms with van der Waals surface area (Å²) in [6.07, 6.45) is 1.37. The molecule has 0 spiro atoms. The number of nitrogens with zero attached hydrogens (tertiary/aromatic N) is 2. The number of carbonyl (C=O) groups is 1. The minimum atomic E-state index is -1.23. The third kappa shape index (κ3) is 4.86. The topological polar surface area (TPSA) is 97.5 Å². The Hall–Kier alpha value is -3.61. The molecule has 0 amide bonds. The Morgan fingerprint density at radius 1 is 1.10 bits per heavy atom. The lowest BCUT2D eigenvalue weighted by atomic mass is 10.0. The molecule has 2 aromatic carbocycles. The number of carbonyl (C=O) groups excluding carboxylic acids is 1. The van der Waals surface area contributed by atoms with Gasteiger partial charge in [-0.15, -0.1) is 0 Å². The SMILES string of the molecule is COc1ccc(-c2noc(/C(=C/c3ccc(C(C)C)cc3)CC(=O)[O-])n2)cc1OC. The van der Waals surface area contributed by atoms with Crippen molar-refractivity contribution >= 4 is 17.6 Å². The summed E-state index contributed by atoms with van der Waals surface area (Å²) in [6.45, 7) is 4.22. The van der Waals surface area contributed by atoms with Crippen molar-refractivity contribution in [2.75, 3.05) is 14.2 Å². The maximum absolute atomic E-state index is 11.3. The van der Waals surface area contributed by atoms with Crippen LogP contribution in [0, 0.1) is 0 Å². The molecule has 0 aliphatic carbocycles. The highest BCUT2D eigenvalue weighted by atomic mass is 16.5. The Labute approximate surface area is 175 Å².